The average molecular weight is 419 g/mol. The van der Waals surface area contributed by atoms with Gasteiger partial charge in [-0.1, -0.05) is 24.6 Å². The topological polar surface area (TPSA) is 44.2 Å². The smallest absolute Gasteiger partial charge is 0.161 e. The zero-order valence-electron chi connectivity index (χ0n) is 12.1. The van der Waals surface area contributed by atoms with Crippen molar-refractivity contribution < 1.29 is 9.47 Å². The predicted molar refractivity (Wildman–Crippen MR) is 91.5 cm³/mol. The fourth-order valence-electron chi connectivity index (χ4n) is 2.00. The molecular weight excluding hydrogens is 403 g/mol. The van der Waals surface area contributed by atoms with Gasteiger partial charge in [-0.15, -0.1) is 0 Å². The number of benzene rings is 1. The molecule has 0 saturated carbocycles. The number of rotatable bonds is 5. The van der Waals surface area contributed by atoms with Crippen LogP contribution in [-0.2, 0) is 12.8 Å². The molecule has 0 aliphatic rings. The Bertz CT molecular complexity index is 650. The molecule has 0 amide bonds. The average Bonchev–Trinajstić information content (AvgIpc) is 2.50. The summed E-state index contributed by atoms with van der Waals surface area (Å²) < 4.78 is 11.5. The second-order valence-electron chi connectivity index (χ2n) is 4.41. The standard InChI is InChI=1S/C15H16ClIN2O2/c1-4-10-14(17)15(16)19-13(18-10)8-9-5-6-11(20-2)12(7-9)21-3/h5-7H,4,8H2,1-3H3. The highest BCUT2D eigenvalue weighted by molar-refractivity contribution is 14.1. The van der Waals surface area contributed by atoms with Crippen LogP contribution in [0.4, 0.5) is 0 Å². The Morgan fingerprint density at radius 2 is 1.86 bits per heavy atom. The molecular formula is C15H16ClIN2O2. The van der Waals surface area contributed by atoms with Crippen molar-refractivity contribution in [3.8, 4) is 11.5 Å². The molecule has 0 unspecified atom stereocenters. The van der Waals surface area contributed by atoms with Gasteiger partial charge in [-0.05, 0) is 46.7 Å². The lowest BCUT2D eigenvalue weighted by Gasteiger charge is -2.10. The molecule has 0 aliphatic heterocycles. The van der Waals surface area contributed by atoms with Gasteiger partial charge in [0, 0.05) is 6.42 Å². The molecule has 6 heteroatoms. The molecule has 21 heavy (non-hydrogen) atoms. The maximum absolute atomic E-state index is 6.17. The number of aryl methyl sites for hydroxylation is 1. The number of hydrogen-bond acceptors (Lipinski definition) is 4. The SMILES string of the molecule is CCc1nc(Cc2ccc(OC)c(OC)c2)nc(Cl)c1I. The van der Waals surface area contributed by atoms with E-state index in [9.17, 15) is 0 Å². The lowest BCUT2D eigenvalue weighted by molar-refractivity contribution is 0.354. The van der Waals surface area contributed by atoms with E-state index in [0.717, 1.165) is 21.2 Å². The Hall–Kier alpha value is -1.08. The van der Waals surface area contributed by atoms with Gasteiger partial charge >= 0.3 is 0 Å². The van der Waals surface area contributed by atoms with E-state index < -0.39 is 0 Å². The van der Waals surface area contributed by atoms with Gasteiger partial charge in [-0.2, -0.15) is 0 Å². The number of methoxy groups -OCH3 is 2. The first-order chi connectivity index (χ1) is 10.1. The summed E-state index contributed by atoms with van der Waals surface area (Å²) >= 11 is 8.35. The van der Waals surface area contributed by atoms with E-state index in [1.165, 1.54) is 0 Å². The summed E-state index contributed by atoms with van der Waals surface area (Å²) in [5.74, 6) is 2.11. The molecule has 1 heterocycles. The minimum atomic E-state index is 0.512. The summed E-state index contributed by atoms with van der Waals surface area (Å²) in [4.78, 5) is 8.92. The van der Waals surface area contributed by atoms with E-state index >= 15 is 0 Å². The number of nitrogens with zero attached hydrogens (tertiary/aromatic N) is 2. The maximum atomic E-state index is 6.17. The third-order valence-electron chi connectivity index (χ3n) is 3.07. The van der Waals surface area contributed by atoms with Crippen LogP contribution in [-0.4, -0.2) is 24.2 Å². The minimum Gasteiger partial charge on any atom is -0.493 e. The third-order valence-corrected chi connectivity index (χ3v) is 4.80. The largest absolute Gasteiger partial charge is 0.493 e. The van der Waals surface area contributed by atoms with E-state index in [0.29, 0.717) is 28.9 Å². The molecule has 0 fully saturated rings. The van der Waals surface area contributed by atoms with E-state index in [1.54, 1.807) is 14.2 Å². The van der Waals surface area contributed by atoms with Crippen LogP contribution >= 0.6 is 34.2 Å². The highest BCUT2D eigenvalue weighted by Gasteiger charge is 2.11. The van der Waals surface area contributed by atoms with Crippen molar-refractivity contribution in [1.82, 2.24) is 9.97 Å². The van der Waals surface area contributed by atoms with Gasteiger partial charge in [0.2, 0.25) is 0 Å². The molecule has 2 aromatic rings. The Labute approximate surface area is 143 Å². The fourth-order valence-corrected chi connectivity index (χ4v) is 2.83. The van der Waals surface area contributed by atoms with Crippen molar-refractivity contribution >= 4 is 34.2 Å². The Morgan fingerprint density at radius 1 is 1.14 bits per heavy atom. The Balaban J connectivity index is 2.32. The first kappa shape index (κ1) is 16.3. The molecule has 112 valence electrons. The molecule has 0 saturated heterocycles. The van der Waals surface area contributed by atoms with Crippen LogP contribution in [0.25, 0.3) is 0 Å². The van der Waals surface area contributed by atoms with Crippen molar-refractivity contribution in [2.45, 2.75) is 19.8 Å². The van der Waals surface area contributed by atoms with E-state index in [1.807, 2.05) is 18.2 Å². The van der Waals surface area contributed by atoms with Crippen LogP contribution in [0, 0.1) is 3.57 Å². The highest BCUT2D eigenvalue weighted by Crippen LogP contribution is 2.28. The first-order valence-electron chi connectivity index (χ1n) is 6.50. The van der Waals surface area contributed by atoms with Crippen molar-refractivity contribution in [3.63, 3.8) is 0 Å². The summed E-state index contributed by atoms with van der Waals surface area (Å²) in [7, 11) is 3.24. The van der Waals surface area contributed by atoms with Crippen molar-refractivity contribution in [3.05, 3.63) is 44.0 Å². The maximum Gasteiger partial charge on any atom is 0.161 e. The van der Waals surface area contributed by atoms with Gasteiger partial charge in [-0.25, -0.2) is 9.97 Å². The summed E-state index contributed by atoms with van der Waals surface area (Å²) in [6.07, 6.45) is 1.43. The van der Waals surface area contributed by atoms with Crippen LogP contribution in [0.1, 0.15) is 24.0 Å². The first-order valence-corrected chi connectivity index (χ1v) is 7.96. The van der Waals surface area contributed by atoms with Gasteiger partial charge in [0.1, 0.15) is 11.0 Å². The highest BCUT2D eigenvalue weighted by atomic mass is 127. The molecule has 0 bridgehead atoms. The van der Waals surface area contributed by atoms with E-state index in [4.69, 9.17) is 21.1 Å². The third kappa shape index (κ3) is 3.77. The van der Waals surface area contributed by atoms with E-state index in [2.05, 4.69) is 39.5 Å². The summed E-state index contributed by atoms with van der Waals surface area (Å²) in [5.41, 5.74) is 2.03. The second-order valence-corrected chi connectivity index (χ2v) is 5.85. The van der Waals surface area contributed by atoms with Crippen LogP contribution in [0.2, 0.25) is 5.15 Å². The van der Waals surface area contributed by atoms with Crippen LogP contribution in [0.5, 0.6) is 11.5 Å². The molecule has 2 rings (SSSR count). The van der Waals surface area contributed by atoms with Gasteiger partial charge in [-0.3, -0.25) is 0 Å². The van der Waals surface area contributed by atoms with Crippen LogP contribution in [0.15, 0.2) is 18.2 Å². The van der Waals surface area contributed by atoms with Crippen molar-refractivity contribution in [2.75, 3.05) is 14.2 Å². The van der Waals surface area contributed by atoms with Gasteiger partial charge in [0.25, 0.3) is 0 Å². The lowest BCUT2D eigenvalue weighted by atomic mass is 10.1. The van der Waals surface area contributed by atoms with Gasteiger partial charge < -0.3 is 9.47 Å². The second kappa shape index (κ2) is 7.26. The number of hydrogen-bond donors (Lipinski definition) is 0. The fraction of sp³-hybridized carbons (Fsp3) is 0.333. The quantitative estimate of drug-likeness (QED) is 0.546. The number of aromatic nitrogens is 2. The van der Waals surface area contributed by atoms with Crippen LogP contribution < -0.4 is 9.47 Å². The Kier molecular flexibility index (Phi) is 5.64. The molecule has 0 aliphatic carbocycles. The van der Waals surface area contributed by atoms with Gasteiger partial charge in [0.05, 0.1) is 23.5 Å². The number of ether oxygens (including phenoxy) is 2. The molecule has 1 aromatic carbocycles. The molecule has 0 radical (unpaired) electrons. The molecule has 4 nitrogen and oxygen atoms in total. The van der Waals surface area contributed by atoms with E-state index in [-0.39, 0.29) is 0 Å². The number of halogens is 2. The monoisotopic (exact) mass is 418 g/mol. The Morgan fingerprint density at radius 3 is 2.48 bits per heavy atom. The molecule has 1 aromatic heterocycles. The minimum absolute atomic E-state index is 0.512. The molecule has 0 N–H and O–H groups in total. The zero-order valence-corrected chi connectivity index (χ0v) is 15.0. The van der Waals surface area contributed by atoms with Crippen LogP contribution in [0.3, 0.4) is 0 Å². The lowest BCUT2D eigenvalue weighted by Crippen LogP contribution is -2.04. The van der Waals surface area contributed by atoms with Crippen molar-refractivity contribution in [2.24, 2.45) is 0 Å². The summed E-state index contributed by atoms with van der Waals surface area (Å²) in [5, 5.41) is 0.512. The van der Waals surface area contributed by atoms with Crippen molar-refractivity contribution in [1.29, 1.82) is 0 Å². The zero-order chi connectivity index (χ0) is 15.4. The normalized spacial score (nSPS) is 10.5. The summed E-state index contributed by atoms with van der Waals surface area (Å²) in [6, 6.07) is 5.78. The summed E-state index contributed by atoms with van der Waals surface area (Å²) in [6.45, 7) is 2.06. The molecule has 0 atom stereocenters. The molecule has 0 spiro atoms. The predicted octanol–water partition coefficient (Wildman–Crippen LogP) is 3.91. The van der Waals surface area contributed by atoms with Gasteiger partial charge in [0.15, 0.2) is 11.5 Å².